The van der Waals surface area contributed by atoms with Crippen LogP contribution in [0.2, 0.25) is 0 Å². The molecule has 1 aromatic rings. The van der Waals surface area contributed by atoms with E-state index in [-0.39, 0.29) is 17.6 Å². The molecule has 0 saturated carbocycles. The Morgan fingerprint density at radius 3 is 2.74 bits per heavy atom. The van der Waals surface area contributed by atoms with Crippen molar-refractivity contribution in [3.05, 3.63) is 24.5 Å². The van der Waals surface area contributed by atoms with Crippen LogP contribution in [-0.4, -0.2) is 37.3 Å². The summed E-state index contributed by atoms with van der Waals surface area (Å²) in [5.74, 6) is -0.444. The lowest BCUT2D eigenvalue weighted by Crippen LogP contribution is -2.35. The summed E-state index contributed by atoms with van der Waals surface area (Å²) in [7, 11) is -3.52. The van der Waals surface area contributed by atoms with Gasteiger partial charge in [-0.1, -0.05) is 20.8 Å². The van der Waals surface area contributed by atoms with Crippen molar-refractivity contribution in [1.82, 2.24) is 4.98 Å². The van der Waals surface area contributed by atoms with Crippen LogP contribution >= 0.6 is 0 Å². The summed E-state index contributed by atoms with van der Waals surface area (Å²) in [5.41, 5.74) is 6.17. The van der Waals surface area contributed by atoms with E-state index in [4.69, 9.17) is 5.73 Å². The molecule has 1 amide bonds. The van der Waals surface area contributed by atoms with Gasteiger partial charge in [0.25, 0.3) is 10.0 Å². The van der Waals surface area contributed by atoms with Crippen LogP contribution in [0.4, 0.5) is 5.69 Å². The highest BCUT2D eigenvalue weighted by molar-refractivity contribution is 7.90. The Morgan fingerprint density at radius 1 is 1.48 bits per heavy atom. The van der Waals surface area contributed by atoms with Gasteiger partial charge in [0.05, 0.1) is 23.7 Å². The van der Waals surface area contributed by atoms with E-state index in [1.54, 1.807) is 18.3 Å². The fraction of sp³-hybridized carbons (Fsp3) is 0.533. The third-order valence-electron chi connectivity index (χ3n) is 2.97. The SMILES string of the molecule is CC(C)(C)CCS(=O)(=O)/N=C/CC(N)C(=O)Nc1cccnc1. The van der Waals surface area contributed by atoms with Gasteiger partial charge in [-0.2, -0.15) is 4.40 Å². The maximum Gasteiger partial charge on any atom is 0.252 e. The third-order valence-corrected chi connectivity index (χ3v) is 4.16. The highest BCUT2D eigenvalue weighted by Crippen LogP contribution is 2.19. The Balaban J connectivity index is 2.48. The van der Waals surface area contributed by atoms with Gasteiger partial charge in [-0.15, -0.1) is 0 Å². The van der Waals surface area contributed by atoms with E-state index in [0.29, 0.717) is 12.1 Å². The number of aromatic nitrogens is 1. The summed E-state index contributed by atoms with van der Waals surface area (Å²) in [6.07, 6.45) is 4.83. The number of pyridine rings is 1. The minimum absolute atomic E-state index is 0.0237. The molecule has 0 spiro atoms. The van der Waals surface area contributed by atoms with Crippen LogP contribution in [0.1, 0.15) is 33.6 Å². The van der Waals surface area contributed by atoms with Crippen molar-refractivity contribution in [2.75, 3.05) is 11.1 Å². The Labute approximate surface area is 137 Å². The average molecular weight is 340 g/mol. The molecule has 3 N–H and O–H groups in total. The molecule has 1 aromatic heterocycles. The van der Waals surface area contributed by atoms with E-state index in [9.17, 15) is 13.2 Å². The lowest BCUT2D eigenvalue weighted by molar-refractivity contribution is -0.117. The first-order valence-corrected chi connectivity index (χ1v) is 8.93. The van der Waals surface area contributed by atoms with Crippen LogP contribution < -0.4 is 11.1 Å². The predicted molar refractivity (Wildman–Crippen MR) is 91.8 cm³/mol. The van der Waals surface area contributed by atoms with Gasteiger partial charge in [-0.05, 0) is 24.0 Å². The van der Waals surface area contributed by atoms with Crippen LogP contribution in [0.5, 0.6) is 0 Å². The molecule has 1 unspecified atom stereocenters. The summed E-state index contributed by atoms with van der Waals surface area (Å²) in [6.45, 7) is 5.89. The number of carbonyl (C=O) groups excluding carboxylic acids is 1. The van der Waals surface area contributed by atoms with Crippen molar-refractivity contribution in [3.63, 3.8) is 0 Å². The first-order chi connectivity index (χ1) is 10.6. The molecular weight excluding hydrogens is 316 g/mol. The molecule has 0 fully saturated rings. The van der Waals surface area contributed by atoms with Crippen molar-refractivity contribution in [3.8, 4) is 0 Å². The first kappa shape index (κ1) is 19.2. The number of hydrogen-bond acceptors (Lipinski definition) is 5. The molecule has 0 aliphatic carbocycles. The second-order valence-electron chi connectivity index (χ2n) is 6.46. The first-order valence-electron chi connectivity index (χ1n) is 7.32. The van der Waals surface area contributed by atoms with Gasteiger partial charge >= 0.3 is 0 Å². The molecule has 8 heteroatoms. The monoisotopic (exact) mass is 340 g/mol. The largest absolute Gasteiger partial charge is 0.323 e. The lowest BCUT2D eigenvalue weighted by Gasteiger charge is -2.16. The van der Waals surface area contributed by atoms with Crippen molar-refractivity contribution < 1.29 is 13.2 Å². The van der Waals surface area contributed by atoms with E-state index in [2.05, 4.69) is 14.7 Å². The molecule has 23 heavy (non-hydrogen) atoms. The summed E-state index contributed by atoms with van der Waals surface area (Å²) < 4.78 is 27.1. The Hall–Kier alpha value is -1.80. The van der Waals surface area contributed by atoms with Crippen LogP contribution in [-0.2, 0) is 14.8 Å². The summed E-state index contributed by atoms with van der Waals surface area (Å²) in [6, 6.07) is 2.49. The molecule has 0 radical (unpaired) electrons. The summed E-state index contributed by atoms with van der Waals surface area (Å²) >= 11 is 0. The molecule has 0 aliphatic rings. The highest BCUT2D eigenvalue weighted by atomic mass is 32.2. The number of anilines is 1. The van der Waals surface area contributed by atoms with E-state index in [1.807, 2.05) is 20.8 Å². The number of nitrogens with one attached hydrogen (secondary N) is 1. The van der Waals surface area contributed by atoms with Gasteiger partial charge in [-0.3, -0.25) is 9.78 Å². The predicted octanol–water partition coefficient (Wildman–Crippen LogP) is 1.57. The minimum Gasteiger partial charge on any atom is -0.323 e. The Kier molecular flexibility index (Phi) is 6.83. The number of amides is 1. The molecule has 0 aromatic carbocycles. The summed E-state index contributed by atoms with van der Waals surface area (Å²) in [4.78, 5) is 15.7. The number of sulfonamides is 1. The molecule has 1 rings (SSSR count). The molecule has 0 aliphatic heterocycles. The maximum absolute atomic E-state index is 11.9. The van der Waals surface area contributed by atoms with Gasteiger partial charge in [0.15, 0.2) is 0 Å². The Bertz CT molecular complexity index is 636. The number of carbonyl (C=O) groups is 1. The standard InChI is InChI=1S/C15H24N4O3S/c1-15(2,3)7-10-23(21,22)18-9-6-13(16)14(20)19-12-5-4-8-17-11-12/h4-5,8-9,11,13H,6-7,10,16H2,1-3H3,(H,19,20)/b18-9+. The molecule has 0 bridgehead atoms. The number of nitrogens with zero attached hydrogens (tertiary/aromatic N) is 2. The fourth-order valence-corrected chi connectivity index (χ4v) is 2.83. The molecule has 0 saturated heterocycles. The normalized spacial score (nSPS) is 13.9. The van der Waals surface area contributed by atoms with Crippen molar-refractivity contribution in [2.24, 2.45) is 15.5 Å². The zero-order valence-corrected chi connectivity index (χ0v) is 14.5. The number of nitrogens with two attached hydrogens (primary N) is 1. The molecule has 1 atom stereocenters. The second kappa shape index (κ2) is 8.16. The molecular formula is C15H24N4O3S. The third kappa shape index (κ3) is 8.41. The van der Waals surface area contributed by atoms with Crippen molar-refractivity contribution in [2.45, 2.75) is 39.7 Å². The smallest absolute Gasteiger partial charge is 0.252 e. The molecule has 128 valence electrons. The highest BCUT2D eigenvalue weighted by Gasteiger charge is 2.17. The van der Waals surface area contributed by atoms with E-state index < -0.39 is 22.0 Å². The maximum atomic E-state index is 11.9. The molecule has 7 nitrogen and oxygen atoms in total. The number of hydrogen-bond donors (Lipinski definition) is 2. The van der Waals surface area contributed by atoms with Crippen molar-refractivity contribution >= 4 is 27.8 Å². The number of rotatable bonds is 7. The topological polar surface area (TPSA) is 115 Å². The summed E-state index contributed by atoms with van der Waals surface area (Å²) in [5, 5.41) is 2.60. The van der Waals surface area contributed by atoms with E-state index in [1.165, 1.54) is 12.4 Å². The average Bonchev–Trinajstić information content (AvgIpc) is 2.45. The quantitative estimate of drug-likeness (QED) is 0.731. The second-order valence-corrected chi connectivity index (χ2v) is 8.24. The van der Waals surface area contributed by atoms with Gasteiger partial charge in [0.2, 0.25) is 5.91 Å². The van der Waals surface area contributed by atoms with Crippen LogP contribution in [0.15, 0.2) is 28.9 Å². The van der Waals surface area contributed by atoms with Crippen LogP contribution in [0.3, 0.4) is 0 Å². The van der Waals surface area contributed by atoms with Crippen LogP contribution in [0, 0.1) is 5.41 Å². The van der Waals surface area contributed by atoms with Crippen molar-refractivity contribution in [1.29, 1.82) is 0 Å². The van der Waals surface area contributed by atoms with Gasteiger partial charge in [0, 0.05) is 18.8 Å². The zero-order valence-electron chi connectivity index (χ0n) is 13.7. The molecule has 1 heterocycles. The van der Waals surface area contributed by atoms with E-state index in [0.717, 1.165) is 0 Å². The fourth-order valence-electron chi connectivity index (χ4n) is 1.54. The lowest BCUT2D eigenvalue weighted by atomic mass is 9.94. The Morgan fingerprint density at radius 2 is 2.17 bits per heavy atom. The van der Waals surface area contributed by atoms with Gasteiger partial charge in [0.1, 0.15) is 0 Å². The van der Waals surface area contributed by atoms with Crippen LogP contribution in [0.25, 0.3) is 0 Å². The van der Waals surface area contributed by atoms with Gasteiger partial charge in [-0.25, -0.2) is 8.42 Å². The zero-order chi connectivity index (χ0) is 17.5. The minimum atomic E-state index is -3.52. The van der Waals surface area contributed by atoms with E-state index >= 15 is 0 Å². The van der Waals surface area contributed by atoms with Gasteiger partial charge < -0.3 is 11.1 Å².